The van der Waals surface area contributed by atoms with E-state index in [0.717, 1.165) is 6.42 Å². The molecule has 3 amide bonds. The number of carbonyl (C=O) groups excluding carboxylic acids is 3. The van der Waals surface area contributed by atoms with Crippen molar-refractivity contribution in [2.45, 2.75) is 25.8 Å². The number of carbonyl (C=O) groups is 3. The number of nitrogens with one attached hydrogen (secondary N) is 2. The van der Waals surface area contributed by atoms with Crippen molar-refractivity contribution in [3.63, 3.8) is 0 Å². The molecule has 0 saturated heterocycles. The molecule has 9 nitrogen and oxygen atoms in total. The first kappa shape index (κ1) is 22.6. The van der Waals surface area contributed by atoms with Crippen LogP contribution in [0.2, 0.25) is 0 Å². The van der Waals surface area contributed by atoms with E-state index in [2.05, 4.69) is 10.6 Å². The van der Waals surface area contributed by atoms with Gasteiger partial charge in [-0.2, -0.15) is 0 Å². The van der Waals surface area contributed by atoms with Gasteiger partial charge in [0.2, 0.25) is 17.7 Å². The summed E-state index contributed by atoms with van der Waals surface area (Å²) in [6.07, 6.45) is 1.01. The number of rotatable bonds is 5. The molecule has 0 saturated carbocycles. The van der Waals surface area contributed by atoms with Crippen LogP contribution in [-0.2, 0) is 14.4 Å². The molecule has 2 N–H and O–H groups in total. The van der Waals surface area contributed by atoms with Crippen molar-refractivity contribution in [3.05, 3.63) is 42.5 Å². The second-order valence-corrected chi connectivity index (χ2v) is 8.31. The van der Waals surface area contributed by atoms with E-state index >= 15 is 0 Å². The molecule has 0 aliphatic carbocycles. The Bertz CT molecular complexity index is 1060. The van der Waals surface area contributed by atoms with Crippen LogP contribution in [0.3, 0.4) is 0 Å². The number of hydrogen-bond donors (Lipinski definition) is 2. The van der Waals surface area contributed by atoms with Crippen LogP contribution in [0.25, 0.3) is 0 Å². The number of para-hydroxylation sites is 2. The summed E-state index contributed by atoms with van der Waals surface area (Å²) in [4.78, 5) is 41.2. The van der Waals surface area contributed by atoms with Crippen molar-refractivity contribution in [1.82, 2.24) is 4.90 Å². The van der Waals surface area contributed by atoms with Gasteiger partial charge in [0.1, 0.15) is 0 Å². The fourth-order valence-corrected chi connectivity index (χ4v) is 4.02. The average Bonchev–Trinajstić information content (AvgIpc) is 3.06. The molecule has 0 spiro atoms. The molecule has 0 unspecified atom stereocenters. The van der Waals surface area contributed by atoms with Gasteiger partial charge < -0.3 is 25.0 Å². The van der Waals surface area contributed by atoms with E-state index in [1.807, 2.05) is 25.1 Å². The molecule has 33 heavy (non-hydrogen) atoms. The summed E-state index contributed by atoms with van der Waals surface area (Å²) >= 11 is 0. The van der Waals surface area contributed by atoms with Crippen LogP contribution in [-0.4, -0.2) is 62.0 Å². The number of amides is 3. The van der Waals surface area contributed by atoms with Gasteiger partial charge in [-0.1, -0.05) is 12.1 Å². The lowest BCUT2D eigenvalue weighted by atomic mass is 10.1. The Hall–Kier alpha value is -3.59. The molecule has 2 aliphatic rings. The van der Waals surface area contributed by atoms with E-state index in [4.69, 9.17) is 9.47 Å². The van der Waals surface area contributed by atoms with Gasteiger partial charge in [-0.25, -0.2) is 0 Å². The lowest BCUT2D eigenvalue weighted by Gasteiger charge is -2.29. The molecular formula is C24H28N4O5. The van der Waals surface area contributed by atoms with Crippen molar-refractivity contribution in [2.24, 2.45) is 0 Å². The van der Waals surface area contributed by atoms with Crippen LogP contribution >= 0.6 is 0 Å². The fraction of sp³-hybridized carbons (Fsp3) is 0.375. The minimum atomic E-state index is -0.301. The maximum atomic E-state index is 13.2. The highest BCUT2D eigenvalue weighted by Gasteiger charge is 2.30. The molecule has 2 heterocycles. The number of benzene rings is 2. The monoisotopic (exact) mass is 452 g/mol. The number of anilines is 3. The minimum absolute atomic E-state index is 0.0290. The van der Waals surface area contributed by atoms with Gasteiger partial charge >= 0.3 is 0 Å². The van der Waals surface area contributed by atoms with E-state index < -0.39 is 0 Å². The normalized spacial score (nSPS) is 17.5. The Morgan fingerprint density at radius 3 is 2.70 bits per heavy atom. The molecule has 0 fully saturated rings. The van der Waals surface area contributed by atoms with Gasteiger partial charge in [0.15, 0.2) is 11.5 Å². The van der Waals surface area contributed by atoms with Gasteiger partial charge in [-0.3, -0.25) is 19.3 Å². The predicted molar refractivity (Wildman–Crippen MR) is 125 cm³/mol. The molecule has 1 atom stereocenters. The Kier molecular flexibility index (Phi) is 6.79. The van der Waals surface area contributed by atoms with Crippen LogP contribution in [0.4, 0.5) is 17.1 Å². The zero-order valence-electron chi connectivity index (χ0n) is 18.8. The van der Waals surface area contributed by atoms with Gasteiger partial charge in [-0.05, 0) is 38.2 Å². The Morgan fingerprint density at radius 1 is 1.12 bits per heavy atom. The summed E-state index contributed by atoms with van der Waals surface area (Å²) in [6, 6.07) is 12.2. The zero-order chi connectivity index (χ0) is 23.4. The third-order valence-corrected chi connectivity index (χ3v) is 5.48. The number of fused-ring (bicyclic) bond motifs is 2. The van der Waals surface area contributed by atoms with Crippen molar-refractivity contribution in [1.29, 1.82) is 0 Å². The number of nitrogens with zero attached hydrogens (tertiary/aromatic N) is 2. The largest absolute Gasteiger partial charge is 0.490 e. The number of hydrogen-bond acceptors (Lipinski definition) is 6. The first-order chi connectivity index (χ1) is 15.9. The summed E-state index contributed by atoms with van der Waals surface area (Å²) in [5, 5.41) is 5.69. The van der Waals surface area contributed by atoms with Crippen molar-refractivity contribution >= 4 is 34.8 Å². The zero-order valence-corrected chi connectivity index (χ0v) is 18.8. The SMILES string of the molecule is C[C@H]1CC(=O)Nc2ccccc2N1C(=O)CN(C)CC(=O)Nc1ccc2c(c1)OCCCO2. The second-order valence-electron chi connectivity index (χ2n) is 8.31. The molecule has 174 valence electrons. The second kappa shape index (κ2) is 9.91. The van der Waals surface area contributed by atoms with Crippen molar-refractivity contribution < 1.29 is 23.9 Å². The van der Waals surface area contributed by atoms with Crippen LogP contribution in [0, 0.1) is 0 Å². The molecule has 0 aromatic heterocycles. The van der Waals surface area contributed by atoms with E-state index in [0.29, 0.717) is 41.8 Å². The quantitative estimate of drug-likeness (QED) is 0.723. The predicted octanol–water partition coefficient (Wildman–Crippen LogP) is 2.48. The highest BCUT2D eigenvalue weighted by molar-refractivity contribution is 6.05. The third kappa shape index (κ3) is 5.43. The summed E-state index contributed by atoms with van der Waals surface area (Å²) in [7, 11) is 1.71. The Morgan fingerprint density at radius 2 is 1.88 bits per heavy atom. The molecule has 2 aromatic rings. The van der Waals surface area contributed by atoms with Crippen LogP contribution in [0.15, 0.2) is 42.5 Å². The van der Waals surface area contributed by atoms with E-state index in [9.17, 15) is 14.4 Å². The smallest absolute Gasteiger partial charge is 0.241 e. The number of ether oxygens (including phenoxy) is 2. The van der Waals surface area contributed by atoms with E-state index in [1.165, 1.54) is 0 Å². The number of likely N-dealkylation sites (N-methyl/N-ethyl adjacent to an activating group) is 1. The molecule has 4 rings (SSSR count). The van der Waals surface area contributed by atoms with Crippen molar-refractivity contribution in [2.75, 3.05) is 48.9 Å². The van der Waals surface area contributed by atoms with Gasteiger partial charge in [0.05, 0.1) is 37.7 Å². The van der Waals surface area contributed by atoms with Crippen LogP contribution in [0.5, 0.6) is 11.5 Å². The van der Waals surface area contributed by atoms with Crippen LogP contribution < -0.4 is 25.0 Å². The minimum Gasteiger partial charge on any atom is -0.490 e. The fourth-order valence-electron chi connectivity index (χ4n) is 4.02. The summed E-state index contributed by atoms with van der Waals surface area (Å²) in [5.41, 5.74) is 1.87. The lowest BCUT2D eigenvalue weighted by molar-refractivity contribution is -0.121. The van der Waals surface area contributed by atoms with E-state index in [-0.39, 0.29) is 43.3 Å². The molecule has 0 bridgehead atoms. The highest BCUT2D eigenvalue weighted by atomic mass is 16.5. The molecule has 0 radical (unpaired) electrons. The Balaban J connectivity index is 1.38. The summed E-state index contributed by atoms with van der Waals surface area (Å²) < 4.78 is 11.3. The van der Waals surface area contributed by atoms with Crippen molar-refractivity contribution in [3.8, 4) is 11.5 Å². The Labute approximate surface area is 192 Å². The van der Waals surface area contributed by atoms with Crippen LogP contribution in [0.1, 0.15) is 19.8 Å². The molecule has 2 aromatic carbocycles. The van der Waals surface area contributed by atoms with Gasteiger partial charge in [-0.15, -0.1) is 0 Å². The summed E-state index contributed by atoms with van der Waals surface area (Å²) in [5.74, 6) is 0.699. The molecular weight excluding hydrogens is 424 g/mol. The highest BCUT2D eigenvalue weighted by Crippen LogP contribution is 2.33. The van der Waals surface area contributed by atoms with Gasteiger partial charge in [0.25, 0.3) is 0 Å². The maximum Gasteiger partial charge on any atom is 0.241 e. The van der Waals surface area contributed by atoms with E-state index in [1.54, 1.807) is 41.1 Å². The molecule has 9 heteroatoms. The average molecular weight is 453 g/mol. The first-order valence-electron chi connectivity index (χ1n) is 11.0. The lowest BCUT2D eigenvalue weighted by Crippen LogP contribution is -2.45. The maximum absolute atomic E-state index is 13.2. The topological polar surface area (TPSA) is 100 Å². The standard InChI is InChI=1S/C24H28N4O5/c1-16-12-22(29)26-18-6-3-4-7-19(18)28(16)24(31)15-27(2)14-23(30)25-17-8-9-20-21(13-17)33-11-5-10-32-20/h3-4,6-9,13,16H,5,10-12,14-15H2,1-2H3,(H,25,30)(H,26,29)/t16-/m0/s1. The third-order valence-electron chi connectivity index (χ3n) is 5.48. The molecule has 2 aliphatic heterocycles. The summed E-state index contributed by atoms with van der Waals surface area (Å²) in [6.45, 7) is 3.06. The first-order valence-corrected chi connectivity index (χ1v) is 11.0. The van der Waals surface area contributed by atoms with Gasteiger partial charge in [0, 0.05) is 30.6 Å².